The van der Waals surface area contributed by atoms with Crippen LogP contribution in [0, 0.1) is 5.41 Å². The molecule has 0 aromatic rings. The quantitative estimate of drug-likeness (QED) is 0.407. The zero-order valence-corrected chi connectivity index (χ0v) is 8.54. The summed E-state index contributed by atoms with van der Waals surface area (Å²) >= 11 is 0. The second-order valence-corrected chi connectivity index (χ2v) is 3.30. The van der Waals surface area contributed by atoms with E-state index in [9.17, 15) is 14.4 Å². The zero-order chi connectivity index (χ0) is 12.8. The largest absolute Gasteiger partial charge is 0.481 e. The average Bonchev–Trinajstić information content (AvgIpc) is 2.22. The lowest BCUT2D eigenvalue weighted by Crippen LogP contribution is -2.37. The summed E-state index contributed by atoms with van der Waals surface area (Å²) in [6.07, 6.45) is 1.22. The number of esters is 1. The predicted octanol–water partition coefficient (Wildman–Crippen LogP) is -0.746. The van der Waals surface area contributed by atoms with Crippen molar-refractivity contribution in [3.05, 3.63) is 12.2 Å². The van der Waals surface area contributed by atoms with Gasteiger partial charge in [-0.25, -0.2) is 9.59 Å². The van der Waals surface area contributed by atoms with Crippen molar-refractivity contribution in [2.24, 2.45) is 5.41 Å². The van der Waals surface area contributed by atoms with Crippen LogP contribution in [-0.2, 0) is 19.1 Å². The van der Waals surface area contributed by atoms with Crippen molar-refractivity contribution in [1.29, 1.82) is 0 Å². The molecule has 0 heterocycles. The first-order valence-corrected chi connectivity index (χ1v) is 4.24. The van der Waals surface area contributed by atoms with E-state index in [1.807, 2.05) is 0 Å². The Kier molecular flexibility index (Phi) is 5.17. The Hall–Kier alpha value is -1.89. The molecule has 0 rings (SSSR count). The first-order chi connectivity index (χ1) is 7.31. The molecule has 0 saturated heterocycles. The standard InChI is InChI=1S/C9H12O7/c1-9(4-10,8(14)15)5-16-7(13)3-2-6(11)12/h2-3,10H,4-5H2,1H3,(H,11,12)(H,14,15)/b3-2-. The number of carboxylic acids is 2. The maximum atomic E-state index is 10.9. The minimum atomic E-state index is -1.59. The van der Waals surface area contributed by atoms with Gasteiger partial charge in [0.2, 0.25) is 0 Å². The van der Waals surface area contributed by atoms with Crippen LogP contribution in [0.1, 0.15) is 6.92 Å². The molecular weight excluding hydrogens is 220 g/mol. The lowest BCUT2D eigenvalue weighted by Gasteiger charge is -2.20. The number of aliphatic carboxylic acids is 2. The van der Waals surface area contributed by atoms with Gasteiger partial charge in [-0.2, -0.15) is 0 Å². The van der Waals surface area contributed by atoms with E-state index in [0.29, 0.717) is 12.2 Å². The van der Waals surface area contributed by atoms with Crippen LogP contribution in [0.4, 0.5) is 0 Å². The summed E-state index contributed by atoms with van der Waals surface area (Å²) in [6, 6.07) is 0. The van der Waals surface area contributed by atoms with Crippen LogP contribution in [-0.4, -0.2) is 46.4 Å². The summed E-state index contributed by atoms with van der Waals surface area (Å²) in [5, 5.41) is 25.7. The highest BCUT2D eigenvalue weighted by Gasteiger charge is 2.34. The fraction of sp³-hybridized carbons (Fsp3) is 0.444. The highest BCUT2D eigenvalue weighted by Crippen LogP contribution is 2.15. The summed E-state index contributed by atoms with van der Waals surface area (Å²) in [4.78, 5) is 31.6. The maximum Gasteiger partial charge on any atom is 0.331 e. The molecule has 0 amide bonds. The van der Waals surface area contributed by atoms with E-state index in [4.69, 9.17) is 15.3 Å². The summed E-state index contributed by atoms with van der Waals surface area (Å²) in [5.41, 5.74) is -1.59. The Morgan fingerprint density at radius 1 is 1.25 bits per heavy atom. The van der Waals surface area contributed by atoms with Gasteiger partial charge in [-0.05, 0) is 6.92 Å². The van der Waals surface area contributed by atoms with Gasteiger partial charge in [-0.15, -0.1) is 0 Å². The second-order valence-electron chi connectivity index (χ2n) is 3.30. The van der Waals surface area contributed by atoms with Gasteiger partial charge in [0, 0.05) is 12.2 Å². The summed E-state index contributed by atoms with van der Waals surface area (Å²) in [7, 11) is 0. The van der Waals surface area contributed by atoms with Crippen LogP contribution < -0.4 is 0 Å². The van der Waals surface area contributed by atoms with Gasteiger partial charge >= 0.3 is 17.9 Å². The second kappa shape index (κ2) is 5.86. The van der Waals surface area contributed by atoms with Crippen molar-refractivity contribution in [2.45, 2.75) is 6.92 Å². The van der Waals surface area contributed by atoms with E-state index in [-0.39, 0.29) is 0 Å². The number of carbonyl (C=O) groups is 3. The van der Waals surface area contributed by atoms with E-state index < -0.39 is 36.5 Å². The number of aliphatic hydroxyl groups is 1. The van der Waals surface area contributed by atoms with Crippen LogP contribution in [0.5, 0.6) is 0 Å². The summed E-state index contributed by atoms with van der Waals surface area (Å²) in [5.74, 6) is -3.62. The van der Waals surface area contributed by atoms with Crippen molar-refractivity contribution in [2.75, 3.05) is 13.2 Å². The molecule has 0 radical (unpaired) electrons. The Bertz CT molecular complexity index is 320. The molecule has 90 valence electrons. The minimum absolute atomic E-state index is 0.540. The van der Waals surface area contributed by atoms with Crippen molar-refractivity contribution >= 4 is 17.9 Å². The molecule has 0 aliphatic carbocycles. The van der Waals surface area contributed by atoms with Gasteiger partial charge in [0.05, 0.1) is 6.61 Å². The van der Waals surface area contributed by atoms with E-state index >= 15 is 0 Å². The predicted molar refractivity (Wildman–Crippen MR) is 50.6 cm³/mol. The van der Waals surface area contributed by atoms with Gasteiger partial charge in [0.1, 0.15) is 12.0 Å². The molecule has 0 aliphatic heterocycles. The molecular formula is C9H12O7. The zero-order valence-electron chi connectivity index (χ0n) is 8.54. The molecule has 7 heteroatoms. The molecule has 0 bridgehead atoms. The minimum Gasteiger partial charge on any atom is -0.481 e. The third-order valence-corrected chi connectivity index (χ3v) is 1.76. The van der Waals surface area contributed by atoms with Gasteiger partial charge < -0.3 is 20.1 Å². The highest BCUT2D eigenvalue weighted by molar-refractivity contribution is 5.90. The van der Waals surface area contributed by atoms with Crippen molar-refractivity contribution in [3.8, 4) is 0 Å². The van der Waals surface area contributed by atoms with Crippen LogP contribution in [0.2, 0.25) is 0 Å². The number of rotatable bonds is 6. The van der Waals surface area contributed by atoms with Crippen molar-refractivity contribution in [3.63, 3.8) is 0 Å². The molecule has 7 nitrogen and oxygen atoms in total. The van der Waals surface area contributed by atoms with Crippen molar-refractivity contribution in [1.82, 2.24) is 0 Å². The SMILES string of the molecule is CC(CO)(COC(=O)/C=C\C(=O)O)C(=O)O. The van der Waals surface area contributed by atoms with Gasteiger partial charge in [-0.3, -0.25) is 4.79 Å². The lowest BCUT2D eigenvalue weighted by atomic mass is 9.93. The Balaban J connectivity index is 4.28. The third kappa shape index (κ3) is 4.56. The fourth-order valence-corrected chi connectivity index (χ4v) is 0.593. The maximum absolute atomic E-state index is 10.9. The molecule has 0 spiro atoms. The normalized spacial score (nSPS) is 14.4. The van der Waals surface area contributed by atoms with Gasteiger partial charge in [-0.1, -0.05) is 0 Å². The van der Waals surface area contributed by atoms with Crippen LogP contribution >= 0.6 is 0 Å². The molecule has 16 heavy (non-hydrogen) atoms. The third-order valence-electron chi connectivity index (χ3n) is 1.76. The topological polar surface area (TPSA) is 121 Å². The Morgan fingerprint density at radius 3 is 2.19 bits per heavy atom. The van der Waals surface area contributed by atoms with E-state index in [1.54, 1.807) is 0 Å². The molecule has 0 saturated carbocycles. The molecule has 0 fully saturated rings. The van der Waals surface area contributed by atoms with Crippen molar-refractivity contribution < 1.29 is 34.4 Å². The highest BCUT2D eigenvalue weighted by atomic mass is 16.5. The summed E-state index contributed by atoms with van der Waals surface area (Å²) < 4.78 is 4.48. The van der Waals surface area contributed by atoms with Crippen LogP contribution in [0.25, 0.3) is 0 Å². The number of carboxylic acid groups (broad SMARTS) is 2. The number of hydrogen-bond acceptors (Lipinski definition) is 5. The van der Waals surface area contributed by atoms with E-state index in [2.05, 4.69) is 4.74 Å². The van der Waals surface area contributed by atoms with E-state index in [0.717, 1.165) is 0 Å². The first kappa shape index (κ1) is 14.1. The molecule has 0 aromatic heterocycles. The average molecular weight is 232 g/mol. The van der Waals surface area contributed by atoms with E-state index in [1.165, 1.54) is 6.92 Å². The number of ether oxygens (including phenoxy) is 1. The smallest absolute Gasteiger partial charge is 0.331 e. The lowest BCUT2D eigenvalue weighted by molar-refractivity contribution is -0.158. The number of hydrogen-bond donors (Lipinski definition) is 3. The molecule has 1 unspecified atom stereocenters. The van der Waals surface area contributed by atoms with Crippen LogP contribution in [0.15, 0.2) is 12.2 Å². The molecule has 0 aromatic carbocycles. The number of aliphatic hydroxyl groups excluding tert-OH is 1. The van der Waals surface area contributed by atoms with Gasteiger partial charge in [0.15, 0.2) is 0 Å². The molecule has 3 N–H and O–H groups in total. The van der Waals surface area contributed by atoms with Gasteiger partial charge in [0.25, 0.3) is 0 Å². The monoisotopic (exact) mass is 232 g/mol. The number of carbonyl (C=O) groups excluding carboxylic acids is 1. The Morgan fingerprint density at radius 2 is 1.81 bits per heavy atom. The Labute approximate surface area is 90.9 Å². The first-order valence-electron chi connectivity index (χ1n) is 4.24. The fourth-order valence-electron chi connectivity index (χ4n) is 0.593. The molecule has 1 atom stereocenters. The molecule has 0 aliphatic rings. The summed E-state index contributed by atoms with van der Waals surface area (Å²) in [6.45, 7) is -0.0383. The van der Waals surface area contributed by atoms with Crippen LogP contribution in [0.3, 0.4) is 0 Å².